The van der Waals surface area contributed by atoms with E-state index in [1.54, 1.807) is 24.9 Å². The minimum atomic E-state index is -0.241. The van der Waals surface area contributed by atoms with Crippen molar-refractivity contribution in [2.45, 2.75) is 45.4 Å². The van der Waals surface area contributed by atoms with Crippen LogP contribution < -0.4 is 5.56 Å². The van der Waals surface area contributed by atoms with Crippen molar-refractivity contribution < 1.29 is 9.53 Å². The molecule has 2 aromatic rings. The van der Waals surface area contributed by atoms with Gasteiger partial charge in [-0.05, 0) is 20.3 Å². The van der Waals surface area contributed by atoms with Gasteiger partial charge in [0.1, 0.15) is 5.82 Å². The van der Waals surface area contributed by atoms with Crippen LogP contribution >= 0.6 is 0 Å². The summed E-state index contributed by atoms with van der Waals surface area (Å²) in [6.45, 7) is 5.05. The first-order chi connectivity index (χ1) is 12.0. The highest BCUT2D eigenvalue weighted by atomic mass is 16.5. The van der Waals surface area contributed by atoms with Crippen LogP contribution in [0.15, 0.2) is 11.0 Å². The molecule has 0 aromatic carbocycles. The Morgan fingerprint density at radius 3 is 3.08 bits per heavy atom. The summed E-state index contributed by atoms with van der Waals surface area (Å²) in [6, 6.07) is 0.112. The molecule has 9 heteroatoms. The number of piperidine rings is 1. The molecule has 0 spiro atoms. The summed E-state index contributed by atoms with van der Waals surface area (Å²) in [4.78, 5) is 33.5. The summed E-state index contributed by atoms with van der Waals surface area (Å²) in [6.07, 6.45) is 2.43. The highest BCUT2D eigenvalue weighted by Crippen LogP contribution is 2.30. The summed E-state index contributed by atoms with van der Waals surface area (Å²) in [5, 5.41) is 8.08. The van der Waals surface area contributed by atoms with Gasteiger partial charge in [-0.3, -0.25) is 9.59 Å². The van der Waals surface area contributed by atoms with Crippen LogP contribution in [0.3, 0.4) is 0 Å². The van der Waals surface area contributed by atoms with E-state index < -0.39 is 0 Å². The number of nitrogens with one attached hydrogen (secondary N) is 1. The van der Waals surface area contributed by atoms with Crippen molar-refractivity contribution in [3.8, 4) is 0 Å². The third-order valence-electron chi connectivity index (χ3n) is 4.95. The second-order valence-corrected chi connectivity index (χ2v) is 6.61. The minimum absolute atomic E-state index is 0.0560. The molecule has 1 N–H and O–H groups in total. The average molecular weight is 344 g/mol. The molecule has 1 saturated heterocycles. The molecule has 0 radical (unpaired) electrons. The number of hydrogen-bond acceptors (Lipinski definition) is 6. The largest absolute Gasteiger partial charge is 0.368 e. The van der Waals surface area contributed by atoms with Gasteiger partial charge >= 0.3 is 0 Å². The standard InChI is InChI=1S/C16H20N6O3/c1-9-12(16(24)19-10(2)18-9)5-15(23)21-4-3-13-14(7-21)25-8-11-6-17-20-22(11)13/h6,13-14H,3-5,7-8H2,1-2H3,(H,18,19,24)/t13-,14-/m0/s1. The van der Waals surface area contributed by atoms with Crippen LogP contribution in [0.4, 0.5) is 0 Å². The van der Waals surface area contributed by atoms with Gasteiger partial charge in [0.05, 0.1) is 37.1 Å². The Morgan fingerprint density at radius 2 is 2.28 bits per heavy atom. The number of fused-ring (bicyclic) bond motifs is 3. The summed E-state index contributed by atoms with van der Waals surface area (Å²) in [5.41, 5.74) is 1.76. The molecule has 2 aliphatic heterocycles. The van der Waals surface area contributed by atoms with Crippen LogP contribution in [0.1, 0.15) is 35.2 Å². The molecule has 2 aliphatic rings. The Labute approximate surface area is 144 Å². The maximum atomic E-state index is 12.7. The molecule has 0 saturated carbocycles. The molecule has 2 aromatic heterocycles. The first kappa shape index (κ1) is 15.9. The van der Waals surface area contributed by atoms with Crippen molar-refractivity contribution in [1.82, 2.24) is 29.9 Å². The molecule has 9 nitrogen and oxygen atoms in total. The summed E-state index contributed by atoms with van der Waals surface area (Å²) >= 11 is 0. The van der Waals surface area contributed by atoms with Crippen molar-refractivity contribution in [3.63, 3.8) is 0 Å². The van der Waals surface area contributed by atoms with E-state index in [0.29, 0.717) is 36.8 Å². The van der Waals surface area contributed by atoms with Crippen molar-refractivity contribution in [3.05, 3.63) is 39.3 Å². The molecule has 1 fully saturated rings. The van der Waals surface area contributed by atoms with E-state index >= 15 is 0 Å². The second-order valence-electron chi connectivity index (χ2n) is 6.61. The van der Waals surface area contributed by atoms with Gasteiger partial charge in [-0.1, -0.05) is 5.21 Å². The zero-order valence-electron chi connectivity index (χ0n) is 14.2. The molecular formula is C16H20N6O3. The molecular weight excluding hydrogens is 324 g/mol. The number of ether oxygens (including phenoxy) is 1. The number of amides is 1. The van der Waals surface area contributed by atoms with Crippen molar-refractivity contribution in [2.75, 3.05) is 13.1 Å². The van der Waals surface area contributed by atoms with Gasteiger partial charge in [-0.15, -0.1) is 5.10 Å². The van der Waals surface area contributed by atoms with E-state index in [9.17, 15) is 9.59 Å². The zero-order valence-corrected chi connectivity index (χ0v) is 14.2. The topological polar surface area (TPSA) is 106 Å². The van der Waals surface area contributed by atoms with Crippen LogP contribution in [-0.2, 0) is 22.6 Å². The maximum absolute atomic E-state index is 12.7. The van der Waals surface area contributed by atoms with Gasteiger partial charge in [-0.25, -0.2) is 9.67 Å². The van der Waals surface area contributed by atoms with E-state index in [2.05, 4.69) is 20.3 Å². The molecule has 0 bridgehead atoms. The van der Waals surface area contributed by atoms with Crippen molar-refractivity contribution in [1.29, 1.82) is 0 Å². The number of carbonyl (C=O) groups excluding carboxylic acids is 1. The summed E-state index contributed by atoms with van der Waals surface area (Å²) in [5.74, 6) is 0.476. The fourth-order valence-electron chi connectivity index (χ4n) is 3.64. The Hall–Kier alpha value is -2.55. The minimum Gasteiger partial charge on any atom is -0.368 e. The summed E-state index contributed by atoms with van der Waals surface area (Å²) in [7, 11) is 0. The number of carbonyl (C=O) groups is 1. The van der Waals surface area contributed by atoms with Crippen LogP contribution in [0, 0.1) is 13.8 Å². The Balaban J connectivity index is 1.48. The molecule has 1 amide bonds. The van der Waals surface area contributed by atoms with Gasteiger partial charge < -0.3 is 14.6 Å². The lowest BCUT2D eigenvalue weighted by Gasteiger charge is -2.41. The SMILES string of the molecule is Cc1nc(C)c(CC(=O)N2CC[C@H]3[C@H](C2)OCc2cnnn23)c(=O)[nH]1. The fourth-order valence-corrected chi connectivity index (χ4v) is 3.64. The number of aromatic amines is 1. The van der Waals surface area contributed by atoms with Crippen LogP contribution in [0.25, 0.3) is 0 Å². The predicted molar refractivity (Wildman–Crippen MR) is 86.9 cm³/mol. The Bertz CT molecular complexity index is 873. The zero-order chi connectivity index (χ0) is 17.6. The quantitative estimate of drug-likeness (QED) is 0.815. The number of likely N-dealkylation sites (tertiary alicyclic amines) is 1. The van der Waals surface area contributed by atoms with Gasteiger partial charge in [0.25, 0.3) is 5.56 Å². The molecule has 2 atom stereocenters. The third kappa shape index (κ3) is 2.84. The smallest absolute Gasteiger partial charge is 0.254 e. The lowest BCUT2D eigenvalue weighted by molar-refractivity contribution is -0.138. The molecule has 132 valence electrons. The van der Waals surface area contributed by atoms with Crippen molar-refractivity contribution in [2.24, 2.45) is 0 Å². The van der Waals surface area contributed by atoms with E-state index in [1.165, 1.54) is 0 Å². The van der Waals surface area contributed by atoms with E-state index in [0.717, 1.165) is 12.1 Å². The monoisotopic (exact) mass is 344 g/mol. The van der Waals surface area contributed by atoms with E-state index in [1.807, 2.05) is 4.68 Å². The van der Waals surface area contributed by atoms with Gasteiger partial charge in [0.2, 0.25) is 5.91 Å². The highest BCUT2D eigenvalue weighted by Gasteiger charge is 2.37. The number of aryl methyl sites for hydroxylation is 2. The highest BCUT2D eigenvalue weighted by molar-refractivity contribution is 5.79. The number of rotatable bonds is 2. The lowest BCUT2D eigenvalue weighted by atomic mass is 9.99. The molecule has 4 heterocycles. The number of nitrogens with zero attached hydrogens (tertiary/aromatic N) is 5. The summed E-state index contributed by atoms with van der Waals surface area (Å²) < 4.78 is 7.80. The fraction of sp³-hybridized carbons (Fsp3) is 0.562. The molecule has 0 unspecified atom stereocenters. The normalized spacial score (nSPS) is 22.4. The second kappa shape index (κ2) is 6.07. The Morgan fingerprint density at radius 1 is 1.44 bits per heavy atom. The lowest BCUT2D eigenvalue weighted by Crippen LogP contribution is -2.51. The predicted octanol–water partition coefficient (Wildman–Crippen LogP) is -0.107. The first-order valence-corrected chi connectivity index (χ1v) is 8.38. The van der Waals surface area contributed by atoms with Crippen LogP contribution in [0.2, 0.25) is 0 Å². The van der Waals surface area contributed by atoms with E-state index in [-0.39, 0.29) is 30.0 Å². The van der Waals surface area contributed by atoms with Gasteiger partial charge in [0.15, 0.2) is 0 Å². The van der Waals surface area contributed by atoms with Crippen LogP contribution in [-0.4, -0.2) is 55.0 Å². The molecule has 25 heavy (non-hydrogen) atoms. The number of hydrogen-bond donors (Lipinski definition) is 1. The van der Waals surface area contributed by atoms with Gasteiger partial charge in [-0.2, -0.15) is 0 Å². The van der Waals surface area contributed by atoms with Crippen molar-refractivity contribution >= 4 is 5.91 Å². The first-order valence-electron chi connectivity index (χ1n) is 8.38. The number of H-pyrrole nitrogens is 1. The molecule has 0 aliphatic carbocycles. The van der Waals surface area contributed by atoms with E-state index in [4.69, 9.17) is 4.74 Å². The third-order valence-corrected chi connectivity index (χ3v) is 4.95. The Kier molecular flexibility index (Phi) is 3.87. The average Bonchev–Trinajstić information content (AvgIpc) is 3.06. The molecule has 4 rings (SSSR count). The van der Waals surface area contributed by atoms with Gasteiger partial charge in [0, 0.05) is 24.3 Å². The number of aromatic nitrogens is 5. The maximum Gasteiger partial charge on any atom is 0.254 e. The van der Waals surface area contributed by atoms with Crippen LogP contribution in [0.5, 0.6) is 0 Å².